The fourth-order valence-corrected chi connectivity index (χ4v) is 7.48. The first-order chi connectivity index (χ1) is 18.4. The number of anilines is 1. The van der Waals surface area contributed by atoms with Crippen LogP contribution in [-0.4, -0.2) is 39.9 Å². The molecule has 2 saturated carbocycles. The molecule has 0 amide bonds. The first kappa shape index (κ1) is 24.3. The number of fused-ring (bicyclic) bond motifs is 3. The standard InChI is InChI=1S/C27H22Cl2FN3O4S/c28-17-2-1-3-18(29)22(17)23-16(25(37-32-23)12-4-5-12)11-36-20-9-15-6-14(20)10-33(15)27-31-24-19(30)7-13(26(34)35)8-21(24)38-27/h1-3,7-8,12,14-15,20H,4-6,9-11H2,(H,34,35)/t14-,15-,20?/m1/s1. The molecule has 4 aromatic rings. The molecular weight excluding hydrogens is 552 g/mol. The molecule has 196 valence electrons. The first-order valence-electron chi connectivity index (χ1n) is 12.5. The maximum atomic E-state index is 14.5. The normalized spacial score (nSPS) is 22.6. The summed E-state index contributed by atoms with van der Waals surface area (Å²) in [7, 11) is 0. The minimum atomic E-state index is -1.15. The van der Waals surface area contributed by atoms with E-state index in [4.69, 9.17) is 32.5 Å². The van der Waals surface area contributed by atoms with Crippen LogP contribution in [0, 0.1) is 11.7 Å². The molecule has 2 bridgehead atoms. The third kappa shape index (κ3) is 4.07. The predicted octanol–water partition coefficient (Wildman–Crippen LogP) is 7.16. The van der Waals surface area contributed by atoms with Crippen molar-refractivity contribution in [1.82, 2.24) is 10.1 Å². The van der Waals surface area contributed by atoms with Crippen molar-refractivity contribution in [2.75, 3.05) is 11.4 Å². The molecule has 3 fully saturated rings. The van der Waals surface area contributed by atoms with Crippen molar-refractivity contribution in [3.63, 3.8) is 0 Å². The molecule has 7 nitrogen and oxygen atoms in total. The molecule has 2 aromatic heterocycles. The number of benzene rings is 2. The van der Waals surface area contributed by atoms with Crippen LogP contribution in [0.5, 0.6) is 0 Å². The molecule has 2 aromatic carbocycles. The number of aromatic nitrogens is 2. The smallest absolute Gasteiger partial charge is 0.335 e. The van der Waals surface area contributed by atoms with E-state index in [1.54, 1.807) is 18.2 Å². The number of ether oxygens (including phenoxy) is 1. The third-order valence-corrected chi connectivity index (χ3v) is 9.48. The van der Waals surface area contributed by atoms with Crippen molar-refractivity contribution >= 4 is 55.9 Å². The van der Waals surface area contributed by atoms with Gasteiger partial charge in [-0.15, -0.1) is 0 Å². The lowest BCUT2D eigenvalue weighted by atomic mass is 10.0. The van der Waals surface area contributed by atoms with Gasteiger partial charge in [0.15, 0.2) is 10.9 Å². The summed E-state index contributed by atoms with van der Waals surface area (Å²) in [6, 6.07) is 8.13. The number of hydrogen-bond donors (Lipinski definition) is 1. The number of piperidine rings is 1. The van der Waals surface area contributed by atoms with Gasteiger partial charge in [-0.1, -0.05) is 45.8 Å². The van der Waals surface area contributed by atoms with E-state index in [9.17, 15) is 14.3 Å². The number of aromatic carboxylic acids is 1. The second kappa shape index (κ2) is 9.19. The number of thiazole rings is 1. The molecule has 3 atom stereocenters. The maximum Gasteiger partial charge on any atom is 0.335 e. The summed E-state index contributed by atoms with van der Waals surface area (Å²) in [6.07, 6.45) is 3.99. The third-order valence-electron chi connectivity index (χ3n) is 7.81. The lowest BCUT2D eigenvalue weighted by molar-refractivity contribution is 0.0122. The average molecular weight is 574 g/mol. The highest BCUT2D eigenvalue weighted by molar-refractivity contribution is 7.22. The Morgan fingerprint density at radius 2 is 2.03 bits per heavy atom. The van der Waals surface area contributed by atoms with Gasteiger partial charge in [-0.3, -0.25) is 0 Å². The molecule has 1 aliphatic heterocycles. The molecule has 38 heavy (non-hydrogen) atoms. The number of nitrogens with zero attached hydrogens (tertiary/aromatic N) is 3. The van der Waals surface area contributed by atoms with E-state index in [2.05, 4.69) is 15.0 Å². The van der Waals surface area contributed by atoms with Gasteiger partial charge in [0.2, 0.25) is 0 Å². The summed E-state index contributed by atoms with van der Waals surface area (Å²) in [5.41, 5.74) is 2.37. The molecule has 2 aliphatic carbocycles. The fraction of sp³-hybridized carbons (Fsp3) is 0.370. The Morgan fingerprint density at radius 3 is 2.71 bits per heavy atom. The van der Waals surface area contributed by atoms with Gasteiger partial charge in [-0.05, 0) is 49.9 Å². The van der Waals surface area contributed by atoms with Gasteiger partial charge in [-0.2, -0.15) is 0 Å². The number of halogens is 3. The maximum absolute atomic E-state index is 14.5. The molecule has 7 rings (SSSR count). The van der Waals surface area contributed by atoms with Gasteiger partial charge in [-0.25, -0.2) is 14.2 Å². The zero-order chi connectivity index (χ0) is 26.1. The Hall–Kier alpha value is -2.72. The van der Waals surface area contributed by atoms with Crippen LogP contribution in [0.3, 0.4) is 0 Å². The van der Waals surface area contributed by atoms with Crippen LogP contribution in [-0.2, 0) is 11.3 Å². The summed E-state index contributed by atoms with van der Waals surface area (Å²) in [4.78, 5) is 18.0. The monoisotopic (exact) mass is 573 g/mol. The quantitative estimate of drug-likeness (QED) is 0.251. The molecule has 0 radical (unpaired) electrons. The summed E-state index contributed by atoms with van der Waals surface area (Å²) in [5, 5.41) is 15.4. The molecule has 1 saturated heterocycles. The average Bonchev–Trinajstić information content (AvgIpc) is 3.22. The first-order valence-corrected chi connectivity index (χ1v) is 14.1. The molecule has 1 N–H and O–H groups in total. The van der Waals surface area contributed by atoms with Crippen LogP contribution >= 0.6 is 34.5 Å². The van der Waals surface area contributed by atoms with Crippen LogP contribution in [0.25, 0.3) is 21.5 Å². The van der Waals surface area contributed by atoms with Gasteiger partial charge >= 0.3 is 5.97 Å². The van der Waals surface area contributed by atoms with Gasteiger partial charge < -0.3 is 19.3 Å². The minimum absolute atomic E-state index is 0.0671. The molecule has 1 unspecified atom stereocenters. The van der Waals surface area contributed by atoms with Crippen LogP contribution < -0.4 is 4.90 Å². The Labute approximate surface area is 231 Å². The molecular formula is C27H22Cl2FN3O4S. The lowest BCUT2D eigenvalue weighted by Gasteiger charge is -2.31. The van der Waals surface area contributed by atoms with Gasteiger partial charge in [0, 0.05) is 35.5 Å². The molecule has 11 heteroatoms. The van der Waals surface area contributed by atoms with E-state index in [1.165, 1.54) is 17.4 Å². The fourth-order valence-electron chi connectivity index (χ4n) is 5.81. The highest BCUT2D eigenvalue weighted by Crippen LogP contribution is 2.48. The zero-order valence-corrected chi connectivity index (χ0v) is 22.3. The number of hydrogen-bond acceptors (Lipinski definition) is 7. The second-order valence-electron chi connectivity index (χ2n) is 10.2. The van der Waals surface area contributed by atoms with Gasteiger partial charge in [0.05, 0.1) is 33.0 Å². The SMILES string of the molecule is O=C(O)c1cc(F)c2nc(N3C[C@H]4C[C@@H]3CC4OCc3c(-c4c(Cl)cccc4Cl)noc3C3CC3)sc2c1. The number of carboxylic acids is 1. The number of rotatable bonds is 7. The lowest BCUT2D eigenvalue weighted by Crippen LogP contribution is -2.38. The Kier molecular flexibility index (Phi) is 5.88. The van der Waals surface area contributed by atoms with Crippen LogP contribution in [0.2, 0.25) is 10.0 Å². The van der Waals surface area contributed by atoms with Crippen molar-refractivity contribution in [2.45, 2.75) is 50.4 Å². The number of carbonyl (C=O) groups is 1. The van der Waals surface area contributed by atoms with Crippen molar-refractivity contribution < 1.29 is 23.6 Å². The Morgan fingerprint density at radius 1 is 1.24 bits per heavy atom. The largest absolute Gasteiger partial charge is 0.478 e. The Balaban J connectivity index is 1.09. The van der Waals surface area contributed by atoms with Crippen LogP contribution in [0.4, 0.5) is 9.52 Å². The summed E-state index contributed by atoms with van der Waals surface area (Å²) in [5.74, 6) is -0.241. The molecule has 3 aliphatic rings. The minimum Gasteiger partial charge on any atom is -0.478 e. The van der Waals surface area contributed by atoms with E-state index >= 15 is 0 Å². The van der Waals surface area contributed by atoms with E-state index in [-0.39, 0.29) is 23.2 Å². The van der Waals surface area contributed by atoms with Crippen LogP contribution in [0.1, 0.15) is 53.3 Å². The zero-order valence-electron chi connectivity index (χ0n) is 20.0. The topological polar surface area (TPSA) is 88.7 Å². The van der Waals surface area contributed by atoms with Crippen molar-refractivity contribution in [3.8, 4) is 11.3 Å². The summed E-state index contributed by atoms with van der Waals surface area (Å²) in [6.45, 7) is 1.12. The highest BCUT2D eigenvalue weighted by Gasteiger charge is 2.46. The van der Waals surface area contributed by atoms with Crippen molar-refractivity contribution in [3.05, 3.63) is 63.1 Å². The molecule has 3 heterocycles. The number of carboxylic acid groups (broad SMARTS) is 1. The predicted molar refractivity (Wildman–Crippen MR) is 143 cm³/mol. The summed E-state index contributed by atoms with van der Waals surface area (Å²) < 4.78 is 27.3. The Bertz CT molecular complexity index is 1570. The summed E-state index contributed by atoms with van der Waals surface area (Å²) >= 11 is 14.3. The second-order valence-corrected chi connectivity index (χ2v) is 12.1. The van der Waals surface area contributed by atoms with E-state index in [0.29, 0.717) is 44.4 Å². The molecule has 0 spiro atoms. The van der Waals surface area contributed by atoms with Crippen molar-refractivity contribution in [1.29, 1.82) is 0 Å². The van der Waals surface area contributed by atoms with Crippen LogP contribution in [0.15, 0.2) is 34.9 Å². The van der Waals surface area contributed by atoms with Gasteiger partial charge in [0.25, 0.3) is 0 Å². The van der Waals surface area contributed by atoms with E-state index in [1.807, 2.05) is 0 Å². The highest BCUT2D eigenvalue weighted by atomic mass is 35.5. The van der Waals surface area contributed by atoms with Crippen molar-refractivity contribution in [2.24, 2.45) is 5.92 Å². The van der Waals surface area contributed by atoms with Gasteiger partial charge in [0.1, 0.15) is 17.0 Å². The van der Waals surface area contributed by atoms with E-state index < -0.39 is 11.8 Å². The van der Waals surface area contributed by atoms with E-state index in [0.717, 1.165) is 54.7 Å².